The van der Waals surface area contributed by atoms with Crippen LogP contribution in [-0.4, -0.2) is 11.7 Å². The molecular weight excluding hydrogens is 549 g/mol. The molecule has 0 radical (unpaired) electrons. The number of methoxy groups -OCH3 is 1. The average Bonchev–Trinajstić information content (AvgIpc) is 3.19. The second-order valence-corrected chi connectivity index (χ2v) is 9.26. The maximum Gasteiger partial charge on any atom is 0.416 e. The lowest BCUT2D eigenvalue weighted by molar-refractivity contribution is -0.143. The first kappa shape index (κ1) is 27.4. The zero-order valence-electron chi connectivity index (χ0n) is 20.7. The van der Waals surface area contributed by atoms with Crippen LogP contribution in [0.3, 0.4) is 0 Å². The Bertz CT molecular complexity index is 1730. The third kappa shape index (κ3) is 4.84. The van der Waals surface area contributed by atoms with Crippen molar-refractivity contribution in [2.24, 2.45) is 0 Å². The summed E-state index contributed by atoms with van der Waals surface area (Å²) in [4.78, 5) is 0. The van der Waals surface area contributed by atoms with E-state index in [1.54, 1.807) is 30.3 Å². The number of nitrogens with zero attached hydrogens (tertiary/aromatic N) is 1. The molecule has 0 aliphatic heterocycles. The molecule has 208 valence electrons. The van der Waals surface area contributed by atoms with E-state index in [0.29, 0.717) is 45.8 Å². The lowest BCUT2D eigenvalue weighted by Gasteiger charge is -2.19. The van der Waals surface area contributed by atoms with Gasteiger partial charge in [-0.1, -0.05) is 11.6 Å². The van der Waals surface area contributed by atoms with Gasteiger partial charge in [-0.25, -0.2) is 0 Å². The van der Waals surface area contributed by atoms with Gasteiger partial charge in [-0.15, -0.1) is 0 Å². The maximum atomic E-state index is 13.7. The van der Waals surface area contributed by atoms with Gasteiger partial charge in [-0.05, 0) is 79.2 Å². The SMILES string of the molecule is COc1ccc2c(c1)c1cc(C)ccc1n2-c1ccc(C(F)(F)F)cc1-c1cc(C(F)(F)F)cc(C(F)(F)F)c1. The van der Waals surface area contributed by atoms with Crippen LogP contribution < -0.4 is 4.74 Å². The summed E-state index contributed by atoms with van der Waals surface area (Å²) in [6.45, 7) is 1.83. The van der Waals surface area contributed by atoms with Crippen LogP contribution in [0.2, 0.25) is 0 Å². The first-order valence-corrected chi connectivity index (χ1v) is 11.7. The van der Waals surface area contributed by atoms with Gasteiger partial charge in [-0.3, -0.25) is 0 Å². The summed E-state index contributed by atoms with van der Waals surface area (Å²) in [7, 11) is 1.45. The van der Waals surface area contributed by atoms with Gasteiger partial charge < -0.3 is 9.30 Å². The molecule has 0 saturated heterocycles. The van der Waals surface area contributed by atoms with Crippen LogP contribution in [0, 0.1) is 6.92 Å². The molecule has 0 unspecified atom stereocenters. The molecule has 5 aromatic rings. The Labute approximate surface area is 221 Å². The molecule has 0 bridgehead atoms. The number of hydrogen-bond donors (Lipinski definition) is 0. The molecule has 0 N–H and O–H groups in total. The smallest absolute Gasteiger partial charge is 0.416 e. The molecule has 0 fully saturated rings. The molecule has 1 aromatic heterocycles. The van der Waals surface area contributed by atoms with Crippen molar-refractivity contribution in [3.8, 4) is 22.6 Å². The molecule has 1 heterocycles. The standard InChI is InChI=1S/C29H18F9NO/c1-15-3-6-25-22(9-15)23-14-20(40-2)5-8-26(23)39(25)24-7-4-17(27(30,31)32)13-21(24)16-10-18(28(33,34)35)12-19(11-16)29(36,37)38/h3-14H,1-2H3. The van der Waals surface area contributed by atoms with E-state index in [4.69, 9.17) is 4.74 Å². The van der Waals surface area contributed by atoms with Crippen LogP contribution in [-0.2, 0) is 18.5 Å². The Balaban J connectivity index is 1.92. The minimum atomic E-state index is -5.18. The summed E-state index contributed by atoms with van der Waals surface area (Å²) in [6, 6.07) is 13.3. The lowest BCUT2D eigenvalue weighted by atomic mass is 9.96. The predicted molar refractivity (Wildman–Crippen MR) is 133 cm³/mol. The Morgan fingerprint density at radius 3 is 1.68 bits per heavy atom. The lowest BCUT2D eigenvalue weighted by Crippen LogP contribution is -2.12. The van der Waals surface area contributed by atoms with Crippen molar-refractivity contribution in [2.75, 3.05) is 7.11 Å². The number of ether oxygens (including phenoxy) is 1. The molecule has 5 rings (SSSR count). The normalized spacial score (nSPS) is 12.9. The van der Waals surface area contributed by atoms with Crippen molar-refractivity contribution in [1.82, 2.24) is 4.57 Å². The molecule has 40 heavy (non-hydrogen) atoms. The van der Waals surface area contributed by atoms with Gasteiger partial charge in [0.2, 0.25) is 0 Å². The minimum Gasteiger partial charge on any atom is -0.497 e. The van der Waals surface area contributed by atoms with Gasteiger partial charge in [0.05, 0.1) is 40.5 Å². The van der Waals surface area contributed by atoms with Gasteiger partial charge >= 0.3 is 18.5 Å². The van der Waals surface area contributed by atoms with Crippen LogP contribution >= 0.6 is 0 Å². The molecular formula is C29H18F9NO. The average molecular weight is 567 g/mol. The van der Waals surface area contributed by atoms with E-state index in [0.717, 1.165) is 17.7 Å². The van der Waals surface area contributed by atoms with Crippen LogP contribution in [0.15, 0.2) is 72.8 Å². The van der Waals surface area contributed by atoms with Gasteiger partial charge in [0, 0.05) is 16.3 Å². The van der Waals surface area contributed by atoms with E-state index in [9.17, 15) is 39.5 Å². The fourth-order valence-corrected chi connectivity index (χ4v) is 4.75. The Morgan fingerprint density at radius 2 is 1.12 bits per heavy atom. The summed E-state index contributed by atoms with van der Waals surface area (Å²) in [5.41, 5.74) is -3.85. The largest absolute Gasteiger partial charge is 0.497 e. The molecule has 0 saturated carbocycles. The number of alkyl halides is 9. The van der Waals surface area contributed by atoms with Crippen LogP contribution in [0.5, 0.6) is 5.75 Å². The zero-order chi connectivity index (χ0) is 29.2. The summed E-state index contributed by atoms with van der Waals surface area (Å²) in [5.74, 6) is 0.480. The third-order valence-corrected chi connectivity index (χ3v) is 6.59. The Hall–Kier alpha value is -4.15. The quantitative estimate of drug-likeness (QED) is 0.198. The molecule has 0 spiro atoms. The molecule has 0 atom stereocenters. The number of rotatable bonds is 3. The van der Waals surface area contributed by atoms with Crippen molar-refractivity contribution in [3.63, 3.8) is 0 Å². The van der Waals surface area contributed by atoms with E-state index in [1.165, 1.54) is 11.7 Å². The van der Waals surface area contributed by atoms with Crippen molar-refractivity contribution < 1.29 is 44.3 Å². The fraction of sp³-hybridized carbons (Fsp3) is 0.172. The molecule has 0 aliphatic carbocycles. The fourth-order valence-electron chi connectivity index (χ4n) is 4.75. The van der Waals surface area contributed by atoms with Crippen molar-refractivity contribution >= 4 is 21.8 Å². The van der Waals surface area contributed by atoms with Crippen molar-refractivity contribution in [1.29, 1.82) is 0 Å². The van der Waals surface area contributed by atoms with Crippen LogP contribution in [0.1, 0.15) is 22.3 Å². The predicted octanol–water partition coefficient (Wildman–Crippen LogP) is 9.82. The highest BCUT2D eigenvalue weighted by Gasteiger charge is 2.38. The number of benzene rings is 4. The minimum absolute atomic E-state index is 0.0329. The highest BCUT2D eigenvalue weighted by molar-refractivity contribution is 6.10. The molecule has 0 amide bonds. The van der Waals surface area contributed by atoms with E-state index < -0.39 is 46.3 Å². The van der Waals surface area contributed by atoms with E-state index in [2.05, 4.69) is 0 Å². The molecule has 0 aliphatic rings. The highest BCUT2D eigenvalue weighted by atomic mass is 19.4. The number of aryl methyl sites for hydroxylation is 1. The van der Waals surface area contributed by atoms with Crippen molar-refractivity contribution in [2.45, 2.75) is 25.5 Å². The maximum absolute atomic E-state index is 13.7. The van der Waals surface area contributed by atoms with Gasteiger partial charge in [0.1, 0.15) is 5.75 Å². The number of aromatic nitrogens is 1. The van der Waals surface area contributed by atoms with Gasteiger partial charge in [0.25, 0.3) is 0 Å². The van der Waals surface area contributed by atoms with Crippen LogP contribution in [0.25, 0.3) is 38.6 Å². The topological polar surface area (TPSA) is 14.2 Å². The van der Waals surface area contributed by atoms with Crippen molar-refractivity contribution in [3.05, 3.63) is 95.1 Å². The molecule has 4 aromatic carbocycles. The number of fused-ring (bicyclic) bond motifs is 3. The monoisotopic (exact) mass is 567 g/mol. The first-order chi connectivity index (χ1) is 18.6. The molecule has 2 nitrogen and oxygen atoms in total. The summed E-state index contributed by atoms with van der Waals surface area (Å²) >= 11 is 0. The summed E-state index contributed by atoms with van der Waals surface area (Å²) < 4.78 is 130. The van der Waals surface area contributed by atoms with E-state index >= 15 is 0 Å². The number of hydrogen-bond acceptors (Lipinski definition) is 1. The van der Waals surface area contributed by atoms with E-state index in [-0.39, 0.29) is 11.8 Å². The second kappa shape index (κ2) is 9.21. The third-order valence-electron chi connectivity index (χ3n) is 6.59. The van der Waals surface area contributed by atoms with Crippen LogP contribution in [0.4, 0.5) is 39.5 Å². The Morgan fingerprint density at radius 1 is 0.575 bits per heavy atom. The van der Waals surface area contributed by atoms with Gasteiger partial charge in [-0.2, -0.15) is 39.5 Å². The second-order valence-electron chi connectivity index (χ2n) is 9.26. The first-order valence-electron chi connectivity index (χ1n) is 11.7. The Kier molecular flexibility index (Phi) is 6.31. The summed E-state index contributed by atoms with van der Waals surface area (Å²) in [5, 5.41) is 1.30. The van der Waals surface area contributed by atoms with E-state index in [1.807, 2.05) is 13.0 Å². The zero-order valence-corrected chi connectivity index (χ0v) is 20.7. The highest BCUT2D eigenvalue weighted by Crippen LogP contribution is 2.43. The number of halogens is 9. The van der Waals surface area contributed by atoms with Gasteiger partial charge in [0.15, 0.2) is 0 Å². The summed E-state index contributed by atoms with van der Waals surface area (Å²) in [6.07, 6.45) is -15.3. The molecule has 11 heteroatoms.